The lowest BCUT2D eigenvalue weighted by Gasteiger charge is -2.23. The van der Waals surface area contributed by atoms with E-state index in [0.29, 0.717) is 19.4 Å². The third-order valence-electron chi connectivity index (χ3n) is 4.51. The number of rotatable bonds is 4. The van der Waals surface area contributed by atoms with Crippen molar-refractivity contribution in [1.82, 2.24) is 4.31 Å². The lowest BCUT2D eigenvalue weighted by molar-refractivity contribution is -0.119. The molecule has 1 fully saturated rings. The van der Waals surface area contributed by atoms with Crippen LogP contribution in [0.25, 0.3) is 0 Å². The van der Waals surface area contributed by atoms with Crippen molar-refractivity contribution in [2.75, 3.05) is 11.9 Å². The van der Waals surface area contributed by atoms with Gasteiger partial charge in [0.2, 0.25) is 15.9 Å². The van der Waals surface area contributed by atoms with E-state index in [2.05, 4.69) is 5.32 Å². The number of amides is 1. The van der Waals surface area contributed by atoms with Gasteiger partial charge >= 0.3 is 0 Å². The molecule has 0 radical (unpaired) electrons. The summed E-state index contributed by atoms with van der Waals surface area (Å²) in [7, 11) is -3.67. The van der Waals surface area contributed by atoms with Crippen LogP contribution in [0.2, 0.25) is 0 Å². The predicted octanol–water partition coefficient (Wildman–Crippen LogP) is 3.10. The maximum Gasteiger partial charge on any atom is 0.243 e. The fraction of sp³-hybridized carbons (Fsp3) is 0.316. The third kappa shape index (κ3) is 3.60. The molecule has 1 aliphatic heterocycles. The Morgan fingerprint density at radius 2 is 1.84 bits per heavy atom. The van der Waals surface area contributed by atoms with Gasteiger partial charge in [-0.15, -0.1) is 0 Å². The van der Waals surface area contributed by atoms with Gasteiger partial charge in [-0.2, -0.15) is 4.31 Å². The van der Waals surface area contributed by atoms with Gasteiger partial charge in [-0.05, 0) is 56.0 Å². The summed E-state index contributed by atoms with van der Waals surface area (Å²) in [4.78, 5) is 13.0. The number of nitrogens with one attached hydrogen (secondary N) is 1. The maximum absolute atomic E-state index is 12.9. The number of hydrogen-bond donors (Lipinski definition) is 1. The van der Waals surface area contributed by atoms with Crippen LogP contribution >= 0.6 is 0 Å². The van der Waals surface area contributed by atoms with Crippen LogP contribution < -0.4 is 5.32 Å². The first-order valence-electron chi connectivity index (χ1n) is 8.34. The second-order valence-corrected chi connectivity index (χ2v) is 8.29. The molecule has 0 spiro atoms. The molecule has 0 bridgehead atoms. The van der Waals surface area contributed by atoms with Crippen molar-refractivity contribution in [2.24, 2.45) is 0 Å². The van der Waals surface area contributed by atoms with Gasteiger partial charge in [0, 0.05) is 12.2 Å². The summed E-state index contributed by atoms with van der Waals surface area (Å²) >= 11 is 0. The van der Waals surface area contributed by atoms with Crippen LogP contribution in [0.1, 0.15) is 24.0 Å². The lowest BCUT2D eigenvalue weighted by atomic mass is 10.1. The van der Waals surface area contributed by atoms with Crippen LogP contribution in [0.4, 0.5) is 5.69 Å². The zero-order valence-corrected chi connectivity index (χ0v) is 15.2. The summed E-state index contributed by atoms with van der Waals surface area (Å²) in [6.45, 7) is 4.24. The number of aryl methyl sites for hydroxylation is 2. The highest BCUT2D eigenvalue weighted by Gasteiger charge is 2.39. The van der Waals surface area contributed by atoms with E-state index in [4.69, 9.17) is 0 Å². The molecule has 1 N–H and O–H groups in total. The van der Waals surface area contributed by atoms with Gasteiger partial charge in [0.15, 0.2) is 0 Å². The Morgan fingerprint density at radius 3 is 2.56 bits per heavy atom. The molecule has 132 valence electrons. The van der Waals surface area contributed by atoms with Crippen LogP contribution in [0.5, 0.6) is 0 Å². The maximum atomic E-state index is 12.9. The number of carbonyl (C=O) groups is 1. The Hall–Kier alpha value is -2.18. The highest BCUT2D eigenvalue weighted by Crippen LogP contribution is 2.27. The van der Waals surface area contributed by atoms with Gasteiger partial charge in [0.1, 0.15) is 6.04 Å². The normalized spacial score (nSPS) is 18.2. The van der Waals surface area contributed by atoms with Crippen LogP contribution in [-0.2, 0) is 14.8 Å². The molecule has 1 unspecified atom stereocenters. The summed E-state index contributed by atoms with van der Waals surface area (Å²) in [6, 6.07) is 13.4. The van der Waals surface area contributed by atoms with E-state index in [1.165, 1.54) is 4.31 Å². The molecule has 6 heteroatoms. The molecule has 2 aromatic carbocycles. The van der Waals surface area contributed by atoms with Crippen LogP contribution in [0.15, 0.2) is 53.4 Å². The van der Waals surface area contributed by atoms with E-state index in [1.807, 2.05) is 32.0 Å². The molecule has 1 atom stereocenters. The van der Waals surface area contributed by atoms with Crippen molar-refractivity contribution < 1.29 is 13.2 Å². The summed E-state index contributed by atoms with van der Waals surface area (Å²) in [6.07, 6.45) is 1.21. The van der Waals surface area contributed by atoms with Crippen molar-refractivity contribution >= 4 is 21.6 Å². The fourth-order valence-electron chi connectivity index (χ4n) is 3.10. The van der Waals surface area contributed by atoms with Crippen LogP contribution in [-0.4, -0.2) is 31.2 Å². The largest absolute Gasteiger partial charge is 0.324 e. The Balaban J connectivity index is 1.84. The minimum atomic E-state index is -3.67. The van der Waals surface area contributed by atoms with Crippen molar-refractivity contribution in [1.29, 1.82) is 0 Å². The molecule has 5 nitrogen and oxygen atoms in total. The number of nitrogens with zero attached hydrogens (tertiary/aromatic N) is 1. The summed E-state index contributed by atoms with van der Waals surface area (Å²) in [5.74, 6) is -0.272. The molecule has 0 aliphatic carbocycles. The minimum Gasteiger partial charge on any atom is -0.324 e. The van der Waals surface area contributed by atoms with E-state index in [1.54, 1.807) is 30.3 Å². The molecule has 3 rings (SSSR count). The lowest BCUT2D eigenvalue weighted by Crippen LogP contribution is -2.43. The summed E-state index contributed by atoms with van der Waals surface area (Å²) in [5.41, 5.74) is 2.73. The average Bonchev–Trinajstić information content (AvgIpc) is 3.09. The Morgan fingerprint density at radius 1 is 1.12 bits per heavy atom. The zero-order chi connectivity index (χ0) is 18.0. The molecule has 1 aliphatic rings. The summed E-state index contributed by atoms with van der Waals surface area (Å²) < 4.78 is 27.1. The topological polar surface area (TPSA) is 66.5 Å². The van der Waals surface area contributed by atoms with Gasteiger partial charge in [0.25, 0.3) is 0 Å². The Labute approximate surface area is 148 Å². The number of sulfonamides is 1. The van der Waals surface area contributed by atoms with E-state index in [9.17, 15) is 13.2 Å². The SMILES string of the molecule is Cc1ccc(C)c(NC(=O)C2CCCN2S(=O)(=O)c2ccccc2)c1. The first kappa shape index (κ1) is 17.6. The standard InChI is InChI=1S/C19H22N2O3S/c1-14-10-11-15(2)17(13-14)20-19(22)18-9-6-12-21(18)25(23,24)16-7-4-3-5-8-16/h3-5,7-8,10-11,13,18H,6,9,12H2,1-2H3,(H,20,22). The fourth-order valence-corrected chi connectivity index (χ4v) is 4.78. The predicted molar refractivity (Wildman–Crippen MR) is 97.9 cm³/mol. The molecular weight excluding hydrogens is 336 g/mol. The molecular formula is C19H22N2O3S. The number of benzene rings is 2. The first-order chi connectivity index (χ1) is 11.9. The Kier molecular flexibility index (Phi) is 4.92. The molecule has 25 heavy (non-hydrogen) atoms. The number of anilines is 1. The monoisotopic (exact) mass is 358 g/mol. The molecule has 1 amide bonds. The van der Waals surface area contributed by atoms with E-state index >= 15 is 0 Å². The van der Waals surface area contributed by atoms with Crippen molar-refractivity contribution in [3.8, 4) is 0 Å². The summed E-state index contributed by atoms with van der Waals surface area (Å²) in [5, 5.41) is 2.90. The number of carbonyl (C=O) groups excluding carboxylic acids is 1. The van der Waals surface area contributed by atoms with Crippen molar-refractivity contribution in [3.63, 3.8) is 0 Å². The average molecular weight is 358 g/mol. The van der Waals surface area contributed by atoms with Crippen molar-refractivity contribution in [2.45, 2.75) is 37.6 Å². The van der Waals surface area contributed by atoms with Crippen molar-refractivity contribution in [3.05, 3.63) is 59.7 Å². The molecule has 1 heterocycles. The van der Waals surface area contributed by atoms with Gasteiger partial charge in [-0.3, -0.25) is 4.79 Å². The minimum absolute atomic E-state index is 0.224. The first-order valence-corrected chi connectivity index (χ1v) is 9.78. The molecule has 0 saturated carbocycles. The van der Waals surface area contributed by atoms with E-state index < -0.39 is 16.1 Å². The van der Waals surface area contributed by atoms with Gasteiger partial charge in [-0.25, -0.2) is 8.42 Å². The smallest absolute Gasteiger partial charge is 0.243 e. The molecule has 0 aromatic heterocycles. The zero-order valence-electron chi connectivity index (χ0n) is 14.4. The van der Waals surface area contributed by atoms with Gasteiger partial charge < -0.3 is 5.32 Å². The van der Waals surface area contributed by atoms with Crippen LogP contribution in [0.3, 0.4) is 0 Å². The van der Waals surface area contributed by atoms with Gasteiger partial charge in [-0.1, -0.05) is 30.3 Å². The molecule has 1 saturated heterocycles. The Bertz CT molecular complexity index is 879. The quantitative estimate of drug-likeness (QED) is 0.913. The van der Waals surface area contributed by atoms with E-state index in [0.717, 1.165) is 16.8 Å². The second-order valence-electron chi connectivity index (χ2n) is 6.39. The number of hydrogen-bond acceptors (Lipinski definition) is 3. The molecule has 2 aromatic rings. The highest BCUT2D eigenvalue weighted by molar-refractivity contribution is 7.89. The van der Waals surface area contributed by atoms with Crippen LogP contribution in [0, 0.1) is 13.8 Å². The van der Waals surface area contributed by atoms with Gasteiger partial charge in [0.05, 0.1) is 4.90 Å². The second kappa shape index (κ2) is 6.98. The van der Waals surface area contributed by atoms with E-state index in [-0.39, 0.29) is 10.8 Å². The highest BCUT2D eigenvalue weighted by atomic mass is 32.2. The third-order valence-corrected chi connectivity index (χ3v) is 6.43.